The fourth-order valence-electron chi connectivity index (χ4n) is 2.29. The Morgan fingerprint density at radius 2 is 2.27 bits per heavy atom. The van der Waals surface area contributed by atoms with E-state index in [1.807, 2.05) is 6.20 Å². The quantitative estimate of drug-likeness (QED) is 0.764. The molecule has 84 valence electrons. The molecular weight excluding hydrogens is 186 g/mol. The number of aromatic nitrogens is 2. The van der Waals surface area contributed by atoms with Gasteiger partial charge in [0.15, 0.2) is 0 Å². The molecule has 0 bridgehead atoms. The first kappa shape index (κ1) is 10.7. The zero-order valence-electron chi connectivity index (χ0n) is 9.95. The van der Waals surface area contributed by atoms with Crippen molar-refractivity contribution in [1.29, 1.82) is 0 Å². The first-order valence-electron chi connectivity index (χ1n) is 5.84. The molecular formula is C12H21N3. The topological polar surface area (TPSA) is 29.9 Å². The molecule has 0 amide bonds. The van der Waals surface area contributed by atoms with Crippen molar-refractivity contribution in [2.24, 2.45) is 0 Å². The van der Waals surface area contributed by atoms with Crippen LogP contribution in [0.5, 0.6) is 0 Å². The third-order valence-electron chi connectivity index (χ3n) is 3.02. The molecule has 1 aliphatic rings. The van der Waals surface area contributed by atoms with E-state index in [1.54, 1.807) is 0 Å². The van der Waals surface area contributed by atoms with Crippen molar-refractivity contribution in [3.05, 3.63) is 18.0 Å². The van der Waals surface area contributed by atoms with Crippen LogP contribution in [0.1, 0.15) is 45.2 Å². The molecule has 0 aromatic carbocycles. The van der Waals surface area contributed by atoms with Gasteiger partial charge in [-0.1, -0.05) is 0 Å². The maximum Gasteiger partial charge on any atom is 0.0546 e. The van der Waals surface area contributed by atoms with E-state index in [-0.39, 0.29) is 5.54 Å². The molecule has 1 aromatic heterocycles. The van der Waals surface area contributed by atoms with Gasteiger partial charge in [-0.3, -0.25) is 4.68 Å². The average molecular weight is 207 g/mol. The van der Waals surface area contributed by atoms with E-state index >= 15 is 0 Å². The lowest BCUT2D eigenvalue weighted by Gasteiger charge is -2.28. The van der Waals surface area contributed by atoms with E-state index in [0.29, 0.717) is 5.92 Å². The molecule has 15 heavy (non-hydrogen) atoms. The highest BCUT2D eigenvalue weighted by molar-refractivity contribution is 5.11. The normalized spacial score (nSPS) is 23.0. The van der Waals surface area contributed by atoms with E-state index < -0.39 is 0 Å². The number of nitrogens with zero attached hydrogens (tertiary/aromatic N) is 2. The van der Waals surface area contributed by atoms with E-state index in [2.05, 4.69) is 41.9 Å². The van der Waals surface area contributed by atoms with Crippen molar-refractivity contribution < 1.29 is 0 Å². The van der Waals surface area contributed by atoms with E-state index in [0.717, 1.165) is 6.54 Å². The van der Waals surface area contributed by atoms with Crippen molar-refractivity contribution in [3.8, 4) is 0 Å². The minimum atomic E-state index is 0.0935. The highest BCUT2D eigenvalue weighted by Gasteiger charge is 2.23. The van der Waals surface area contributed by atoms with Crippen LogP contribution in [0.15, 0.2) is 12.3 Å². The summed E-state index contributed by atoms with van der Waals surface area (Å²) in [7, 11) is 0. The predicted molar refractivity (Wildman–Crippen MR) is 62.1 cm³/mol. The Bertz CT molecular complexity index is 316. The predicted octanol–water partition coefficient (Wildman–Crippen LogP) is 2.11. The minimum absolute atomic E-state index is 0.0935. The third-order valence-corrected chi connectivity index (χ3v) is 3.02. The summed E-state index contributed by atoms with van der Waals surface area (Å²) in [6, 6.07) is 2.17. The third kappa shape index (κ3) is 2.23. The number of hydrogen-bond acceptors (Lipinski definition) is 2. The highest BCUT2D eigenvalue weighted by Crippen LogP contribution is 2.26. The SMILES string of the molecule is CC(C)(C)n1nccc1[C@@H]1CCCNC1. The lowest BCUT2D eigenvalue weighted by molar-refractivity contribution is 0.323. The maximum absolute atomic E-state index is 4.45. The molecule has 1 aromatic rings. The van der Waals surface area contributed by atoms with Crippen LogP contribution in [-0.4, -0.2) is 22.9 Å². The Labute approximate surface area is 91.9 Å². The highest BCUT2D eigenvalue weighted by atomic mass is 15.3. The smallest absolute Gasteiger partial charge is 0.0546 e. The second-order valence-electron chi connectivity index (χ2n) is 5.38. The molecule has 1 saturated heterocycles. The van der Waals surface area contributed by atoms with Crippen LogP contribution in [0, 0.1) is 0 Å². The Morgan fingerprint density at radius 3 is 2.87 bits per heavy atom. The van der Waals surface area contributed by atoms with Gasteiger partial charge in [-0.25, -0.2) is 0 Å². The van der Waals surface area contributed by atoms with Crippen LogP contribution in [0.25, 0.3) is 0 Å². The van der Waals surface area contributed by atoms with Gasteiger partial charge in [-0.15, -0.1) is 0 Å². The van der Waals surface area contributed by atoms with E-state index in [1.165, 1.54) is 25.1 Å². The molecule has 2 heterocycles. The van der Waals surface area contributed by atoms with Crippen LogP contribution in [0.4, 0.5) is 0 Å². The van der Waals surface area contributed by atoms with Gasteiger partial charge in [0.2, 0.25) is 0 Å². The summed E-state index contributed by atoms with van der Waals surface area (Å²) in [5.74, 6) is 0.639. The summed E-state index contributed by atoms with van der Waals surface area (Å²) in [6.45, 7) is 8.89. The number of hydrogen-bond donors (Lipinski definition) is 1. The largest absolute Gasteiger partial charge is 0.316 e. The van der Waals surface area contributed by atoms with Gasteiger partial charge < -0.3 is 5.32 Å². The lowest BCUT2D eigenvalue weighted by Crippen LogP contribution is -2.33. The molecule has 0 spiro atoms. The van der Waals surface area contributed by atoms with Crippen molar-refractivity contribution in [2.75, 3.05) is 13.1 Å². The standard InChI is InChI=1S/C12H21N3/c1-12(2,3)15-11(6-8-14-15)10-5-4-7-13-9-10/h6,8,10,13H,4-5,7,9H2,1-3H3/t10-/m1/s1. The van der Waals surface area contributed by atoms with Crippen molar-refractivity contribution in [1.82, 2.24) is 15.1 Å². The minimum Gasteiger partial charge on any atom is -0.316 e. The van der Waals surface area contributed by atoms with Gasteiger partial charge in [-0.05, 0) is 46.2 Å². The monoisotopic (exact) mass is 207 g/mol. The Hall–Kier alpha value is -0.830. The number of nitrogens with one attached hydrogen (secondary N) is 1. The summed E-state index contributed by atoms with van der Waals surface area (Å²) < 4.78 is 2.17. The Kier molecular flexibility index (Phi) is 2.83. The zero-order valence-corrected chi connectivity index (χ0v) is 9.95. The fourth-order valence-corrected chi connectivity index (χ4v) is 2.29. The fraction of sp³-hybridized carbons (Fsp3) is 0.750. The van der Waals surface area contributed by atoms with Crippen LogP contribution < -0.4 is 5.32 Å². The lowest BCUT2D eigenvalue weighted by atomic mass is 9.95. The van der Waals surface area contributed by atoms with Crippen LogP contribution in [0.3, 0.4) is 0 Å². The summed E-state index contributed by atoms with van der Waals surface area (Å²) >= 11 is 0. The zero-order chi connectivity index (χ0) is 10.9. The molecule has 2 rings (SSSR count). The number of rotatable bonds is 1. The molecule has 1 atom stereocenters. The number of piperidine rings is 1. The average Bonchev–Trinajstić information content (AvgIpc) is 2.67. The molecule has 1 aliphatic heterocycles. The van der Waals surface area contributed by atoms with Crippen molar-refractivity contribution in [3.63, 3.8) is 0 Å². The molecule has 1 fully saturated rings. The molecule has 0 aliphatic carbocycles. The van der Waals surface area contributed by atoms with Crippen LogP contribution in [0.2, 0.25) is 0 Å². The van der Waals surface area contributed by atoms with Crippen molar-refractivity contribution >= 4 is 0 Å². The first-order valence-corrected chi connectivity index (χ1v) is 5.84. The molecule has 0 radical (unpaired) electrons. The van der Waals surface area contributed by atoms with Gasteiger partial charge in [0.1, 0.15) is 0 Å². The van der Waals surface area contributed by atoms with Crippen molar-refractivity contribution in [2.45, 2.75) is 45.1 Å². The van der Waals surface area contributed by atoms with Gasteiger partial charge in [-0.2, -0.15) is 5.10 Å². The molecule has 0 unspecified atom stereocenters. The molecule has 3 heteroatoms. The van der Waals surface area contributed by atoms with Crippen LogP contribution >= 0.6 is 0 Å². The summed E-state index contributed by atoms with van der Waals surface area (Å²) in [5, 5.41) is 7.91. The van der Waals surface area contributed by atoms with Gasteiger partial charge >= 0.3 is 0 Å². The summed E-state index contributed by atoms with van der Waals surface area (Å²) in [5.41, 5.74) is 1.48. The molecule has 3 nitrogen and oxygen atoms in total. The Balaban J connectivity index is 2.24. The van der Waals surface area contributed by atoms with Gasteiger partial charge in [0, 0.05) is 24.4 Å². The summed E-state index contributed by atoms with van der Waals surface area (Å²) in [6.07, 6.45) is 4.49. The second-order valence-corrected chi connectivity index (χ2v) is 5.38. The first-order chi connectivity index (χ1) is 7.09. The maximum atomic E-state index is 4.45. The Morgan fingerprint density at radius 1 is 1.47 bits per heavy atom. The van der Waals surface area contributed by atoms with Gasteiger partial charge in [0.05, 0.1) is 5.54 Å². The van der Waals surface area contributed by atoms with E-state index in [4.69, 9.17) is 0 Å². The second kappa shape index (κ2) is 3.97. The van der Waals surface area contributed by atoms with Gasteiger partial charge in [0.25, 0.3) is 0 Å². The molecule has 0 saturated carbocycles. The van der Waals surface area contributed by atoms with E-state index in [9.17, 15) is 0 Å². The summed E-state index contributed by atoms with van der Waals surface area (Å²) in [4.78, 5) is 0. The van der Waals surface area contributed by atoms with Crippen LogP contribution in [-0.2, 0) is 5.54 Å². The molecule has 1 N–H and O–H groups in total.